The summed E-state index contributed by atoms with van der Waals surface area (Å²) in [7, 11) is 0. The van der Waals surface area contributed by atoms with Crippen molar-refractivity contribution in [2.24, 2.45) is 5.73 Å². The molecule has 1 aromatic rings. The summed E-state index contributed by atoms with van der Waals surface area (Å²) in [4.78, 5) is 15.6. The van der Waals surface area contributed by atoms with Crippen molar-refractivity contribution in [3.8, 4) is 0 Å². The van der Waals surface area contributed by atoms with Gasteiger partial charge in [-0.05, 0) is 19.1 Å². The van der Waals surface area contributed by atoms with Gasteiger partial charge >= 0.3 is 0 Å². The normalized spacial score (nSPS) is 12.1. The molecule has 0 aromatic carbocycles. The van der Waals surface area contributed by atoms with Crippen LogP contribution >= 0.6 is 11.8 Å². The third-order valence-corrected chi connectivity index (χ3v) is 3.20. The summed E-state index contributed by atoms with van der Waals surface area (Å²) in [6, 6.07) is 5.92. The fourth-order valence-corrected chi connectivity index (χ4v) is 2.08. The van der Waals surface area contributed by atoms with E-state index < -0.39 is 0 Å². The zero-order valence-corrected chi connectivity index (χ0v) is 10.9. The van der Waals surface area contributed by atoms with Gasteiger partial charge in [0, 0.05) is 36.7 Å². The SMILES string of the molecule is C[C@@H](CN)NC(=O)CCSCc1ccccn1. The van der Waals surface area contributed by atoms with Crippen molar-refractivity contribution in [2.45, 2.75) is 25.1 Å². The lowest BCUT2D eigenvalue weighted by Crippen LogP contribution is -2.37. The maximum absolute atomic E-state index is 11.4. The molecule has 1 amide bonds. The van der Waals surface area contributed by atoms with Crippen molar-refractivity contribution in [3.63, 3.8) is 0 Å². The Balaban J connectivity index is 2.10. The van der Waals surface area contributed by atoms with Crippen LogP contribution in [0.1, 0.15) is 19.0 Å². The quantitative estimate of drug-likeness (QED) is 0.716. The minimum absolute atomic E-state index is 0.0586. The molecule has 1 aromatic heterocycles. The molecule has 0 saturated carbocycles. The standard InChI is InChI=1S/C12H19N3OS/c1-10(8-13)15-12(16)5-7-17-9-11-4-2-3-6-14-11/h2-4,6,10H,5,7-9,13H2,1H3,(H,15,16)/t10-/m0/s1. The van der Waals surface area contributed by atoms with Gasteiger partial charge in [0.2, 0.25) is 5.91 Å². The number of aromatic nitrogens is 1. The van der Waals surface area contributed by atoms with E-state index in [2.05, 4.69) is 10.3 Å². The molecule has 0 unspecified atom stereocenters. The molecule has 0 bridgehead atoms. The molecule has 1 atom stereocenters. The van der Waals surface area contributed by atoms with Gasteiger partial charge in [-0.1, -0.05) is 6.07 Å². The van der Waals surface area contributed by atoms with Gasteiger partial charge in [-0.15, -0.1) is 0 Å². The van der Waals surface area contributed by atoms with Crippen LogP contribution in [0, 0.1) is 0 Å². The molecule has 0 aliphatic carbocycles. The van der Waals surface area contributed by atoms with Gasteiger partial charge in [0.15, 0.2) is 0 Å². The molecular weight excluding hydrogens is 234 g/mol. The van der Waals surface area contributed by atoms with Gasteiger partial charge in [0.25, 0.3) is 0 Å². The van der Waals surface area contributed by atoms with E-state index >= 15 is 0 Å². The maximum atomic E-state index is 11.4. The van der Waals surface area contributed by atoms with Crippen LogP contribution in [0.5, 0.6) is 0 Å². The van der Waals surface area contributed by atoms with Crippen LogP contribution < -0.4 is 11.1 Å². The predicted molar refractivity (Wildman–Crippen MR) is 71.7 cm³/mol. The maximum Gasteiger partial charge on any atom is 0.221 e. The average molecular weight is 253 g/mol. The Morgan fingerprint density at radius 2 is 2.41 bits per heavy atom. The van der Waals surface area contributed by atoms with Gasteiger partial charge in [0.1, 0.15) is 0 Å². The van der Waals surface area contributed by atoms with Crippen LogP contribution in [0.3, 0.4) is 0 Å². The number of amides is 1. The van der Waals surface area contributed by atoms with Crippen LogP contribution in [0.25, 0.3) is 0 Å². The Morgan fingerprint density at radius 3 is 3.06 bits per heavy atom. The number of carbonyl (C=O) groups is 1. The van der Waals surface area contributed by atoms with Gasteiger partial charge in [-0.2, -0.15) is 11.8 Å². The van der Waals surface area contributed by atoms with E-state index in [-0.39, 0.29) is 11.9 Å². The molecule has 5 heteroatoms. The molecule has 1 heterocycles. The van der Waals surface area contributed by atoms with E-state index in [9.17, 15) is 4.79 Å². The van der Waals surface area contributed by atoms with Crippen LogP contribution in [0.2, 0.25) is 0 Å². The van der Waals surface area contributed by atoms with Gasteiger partial charge in [-0.3, -0.25) is 9.78 Å². The fourth-order valence-electron chi connectivity index (χ4n) is 1.23. The summed E-state index contributed by atoms with van der Waals surface area (Å²) in [5, 5.41) is 2.84. The topological polar surface area (TPSA) is 68.0 Å². The first-order valence-electron chi connectivity index (χ1n) is 5.69. The summed E-state index contributed by atoms with van der Waals surface area (Å²) < 4.78 is 0. The Morgan fingerprint density at radius 1 is 1.59 bits per heavy atom. The van der Waals surface area contributed by atoms with Crippen molar-refractivity contribution >= 4 is 17.7 Å². The number of pyridine rings is 1. The molecule has 0 fully saturated rings. The minimum Gasteiger partial charge on any atom is -0.352 e. The number of nitrogens with one attached hydrogen (secondary N) is 1. The Bertz CT molecular complexity index is 332. The lowest BCUT2D eigenvalue weighted by atomic mass is 10.3. The molecule has 1 rings (SSSR count). The Labute approximate surface area is 106 Å². The van der Waals surface area contributed by atoms with E-state index in [1.807, 2.05) is 25.1 Å². The van der Waals surface area contributed by atoms with Crippen molar-refractivity contribution in [1.29, 1.82) is 0 Å². The first kappa shape index (κ1) is 14.0. The molecule has 0 aliphatic rings. The second-order valence-corrected chi connectivity index (χ2v) is 4.93. The molecule has 3 N–H and O–H groups in total. The molecule has 4 nitrogen and oxygen atoms in total. The van der Waals surface area contributed by atoms with Crippen LogP contribution in [0.15, 0.2) is 24.4 Å². The highest BCUT2D eigenvalue weighted by Crippen LogP contribution is 2.10. The zero-order valence-electron chi connectivity index (χ0n) is 10.1. The number of thioether (sulfide) groups is 1. The van der Waals surface area contributed by atoms with Crippen molar-refractivity contribution in [3.05, 3.63) is 30.1 Å². The molecule has 0 radical (unpaired) electrons. The van der Waals surface area contributed by atoms with Gasteiger partial charge in [0.05, 0.1) is 5.69 Å². The summed E-state index contributed by atoms with van der Waals surface area (Å²) in [5.41, 5.74) is 6.47. The van der Waals surface area contributed by atoms with E-state index in [0.29, 0.717) is 13.0 Å². The van der Waals surface area contributed by atoms with E-state index in [1.54, 1.807) is 18.0 Å². The molecule has 17 heavy (non-hydrogen) atoms. The highest BCUT2D eigenvalue weighted by atomic mass is 32.2. The first-order chi connectivity index (χ1) is 8.22. The van der Waals surface area contributed by atoms with E-state index in [4.69, 9.17) is 5.73 Å². The highest BCUT2D eigenvalue weighted by Gasteiger charge is 2.05. The molecule has 0 saturated heterocycles. The number of nitrogens with zero attached hydrogens (tertiary/aromatic N) is 1. The molecular formula is C12H19N3OS. The number of hydrogen-bond acceptors (Lipinski definition) is 4. The minimum atomic E-state index is 0.0586. The highest BCUT2D eigenvalue weighted by molar-refractivity contribution is 7.98. The molecule has 0 spiro atoms. The third-order valence-electron chi connectivity index (χ3n) is 2.21. The van der Waals surface area contributed by atoms with Crippen LogP contribution in [-0.2, 0) is 10.5 Å². The first-order valence-corrected chi connectivity index (χ1v) is 6.85. The summed E-state index contributed by atoms with van der Waals surface area (Å²) in [6.45, 7) is 2.38. The Hall–Kier alpha value is -1.07. The number of nitrogens with two attached hydrogens (primary N) is 1. The van der Waals surface area contributed by atoms with E-state index in [1.165, 1.54) is 0 Å². The molecule has 94 valence electrons. The lowest BCUT2D eigenvalue weighted by molar-refractivity contribution is -0.121. The summed E-state index contributed by atoms with van der Waals surface area (Å²) in [5.74, 6) is 1.72. The second-order valence-electron chi connectivity index (χ2n) is 3.83. The fraction of sp³-hybridized carbons (Fsp3) is 0.500. The van der Waals surface area contributed by atoms with Crippen molar-refractivity contribution in [1.82, 2.24) is 10.3 Å². The van der Waals surface area contributed by atoms with E-state index in [0.717, 1.165) is 17.2 Å². The smallest absolute Gasteiger partial charge is 0.221 e. The number of rotatable bonds is 7. The average Bonchev–Trinajstić information content (AvgIpc) is 2.36. The summed E-state index contributed by atoms with van der Waals surface area (Å²) in [6.07, 6.45) is 2.31. The third kappa shape index (κ3) is 6.28. The predicted octanol–water partition coefficient (Wildman–Crippen LogP) is 1.17. The summed E-state index contributed by atoms with van der Waals surface area (Å²) >= 11 is 1.71. The zero-order chi connectivity index (χ0) is 12.5. The largest absolute Gasteiger partial charge is 0.352 e. The second kappa shape index (κ2) is 8.08. The lowest BCUT2D eigenvalue weighted by Gasteiger charge is -2.10. The monoisotopic (exact) mass is 253 g/mol. The van der Waals surface area contributed by atoms with Crippen molar-refractivity contribution < 1.29 is 4.79 Å². The van der Waals surface area contributed by atoms with Crippen LogP contribution in [-0.4, -0.2) is 29.2 Å². The van der Waals surface area contributed by atoms with Crippen molar-refractivity contribution in [2.75, 3.05) is 12.3 Å². The molecule has 0 aliphatic heterocycles. The van der Waals surface area contributed by atoms with Gasteiger partial charge < -0.3 is 11.1 Å². The Kier molecular flexibility index (Phi) is 6.65. The van der Waals surface area contributed by atoms with Crippen LogP contribution in [0.4, 0.5) is 0 Å². The number of carbonyl (C=O) groups excluding carboxylic acids is 1. The van der Waals surface area contributed by atoms with Gasteiger partial charge in [-0.25, -0.2) is 0 Å². The number of hydrogen-bond donors (Lipinski definition) is 2.